The summed E-state index contributed by atoms with van der Waals surface area (Å²) in [5, 5.41) is 1.76. The van der Waals surface area contributed by atoms with Crippen LogP contribution >= 0.6 is 11.6 Å². The van der Waals surface area contributed by atoms with Gasteiger partial charge in [0, 0.05) is 40.1 Å². The number of pyridine rings is 2. The predicted molar refractivity (Wildman–Crippen MR) is 109 cm³/mol. The Labute approximate surface area is 158 Å². The molecule has 0 radical (unpaired) electrons. The summed E-state index contributed by atoms with van der Waals surface area (Å²) >= 11 is 5.92. The van der Waals surface area contributed by atoms with E-state index < -0.39 is 0 Å². The van der Waals surface area contributed by atoms with Gasteiger partial charge in [-0.2, -0.15) is 0 Å². The number of benzene rings is 1. The van der Waals surface area contributed by atoms with Gasteiger partial charge in [0.05, 0.1) is 5.69 Å². The Bertz CT molecular complexity index is 1080. The van der Waals surface area contributed by atoms with E-state index in [0.29, 0.717) is 11.1 Å². The van der Waals surface area contributed by atoms with Gasteiger partial charge < -0.3 is 4.98 Å². The lowest BCUT2D eigenvalue weighted by Crippen LogP contribution is -1.91. The molecule has 0 aliphatic rings. The summed E-state index contributed by atoms with van der Waals surface area (Å²) in [5.41, 5.74) is 8.04. The van der Waals surface area contributed by atoms with Gasteiger partial charge in [0.1, 0.15) is 5.15 Å². The summed E-state index contributed by atoms with van der Waals surface area (Å²) in [5.74, 6) is 0.394. The molecule has 0 saturated heterocycles. The van der Waals surface area contributed by atoms with Crippen LogP contribution in [0.3, 0.4) is 0 Å². The molecule has 0 amide bonds. The largest absolute Gasteiger partial charge is 0.354 e. The van der Waals surface area contributed by atoms with Crippen molar-refractivity contribution in [2.45, 2.75) is 26.7 Å². The number of aromatic amines is 1. The van der Waals surface area contributed by atoms with E-state index in [1.165, 1.54) is 22.2 Å². The fraction of sp³-hybridized carbons (Fsp3) is 0.182. The van der Waals surface area contributed by atoms with Crippen LogP contribution in [0.25, 0.3) is 33.3 Å². The SMILES string of the molecule is Cc1cc(-c2[nH]c3ccc(-c4ccc(Cl)nc4)cc3c2C(C)C)ccn1. The Morgan fingerprint density at radius 3 is 2.42 bits per heavy atom. The summed E-state index contributed by atoms with van der Waals surface area (Å²) in [6, 6.07) is 14.5. The number of rotatable bonds is 3. The zero-order chi connectivity index (χ0) is 18.3. The first-order chi connectivity index (χ1) is 12.5. The van der Waals surface area contributed by atoms with Crippen molar-refractivity contribution in [1.29, 1.82) is 0 Å². The van der Waals surface area contributed by atoms with Crippen LogP contribution in [0.1, 0.15) is 31.0 Å². The molecule has 3 aromatic heterocycles. The van der Waals surface area contributed by atoms with Gasteiger partial charge in [-0.25, -0.2) is 4.98 Å². The topological polar surface area (TPSA) is 41.6 Å². The number of halogens is 1. The van der Waals surface area contributed by atoms with Gasteiger partial charge in [0.25, 0.3) is 0 Å². The highest BCUT2D eigenvalue weighted by Gasteiger charge is 2.17. The molecule has 0 saturated carbocycles. The Morgan fingerprint density at radius 2 is 1.73 bits per heavy atom. The van der Waals surface area contributed by atoms with Crippen molar-refractivity contribution in [2.75, 3.05) is 0 Å². The Morgan fingerprint density at radius 1 is 0.923 bits per heavy atom. The normalized spacial score (nSPS) is 11.4. The lowest BCUT2D eigenvalue weighted by molar-refractivity contribution is 0.878. The molecule has 0 bridgehead atoms. The first-order valence-corrected chi connectivity index (χ1v) is 9.11. The second-order valence-electron chi connectivity index (χ2n) is 6.88. The maximum Gasteiger partial charge on any atom is 0.129 e. The fourth-order valence-electron chi connectivity index (χ4n) is 3.47. The van der Waals surface area contributed by atoms with Crippen molar-refractivity contribution in [3.8, 4) is 22.4 Å². The molecule has 4 rings (SSSR count). The number of nitrogens with zero attached hydrogens (tertiary/aromatic N) is 2. The molecular weight excluding hydrogens is 342 g/mol. The minimum absolute atomic E-state index is 0.394. The van der Waals surface area contributed by atoms with E-state index in [2.05, 4.69) is 59.1 Å². The van der Waals surface area contributed by atoms with Crippen LogP contribution in [0, 0.1) is 6.92 Å². The molecule has 26 heavy (non-hydrogen) atoms. The third kappa shape index (κ3) is 2.99. The molecular formula is C22H20ClN3. The van der Waals surface area contributed by atoms with Gasteiger partial charge in [-0.1, -0.05) is 31.5 Å². The molecule has 3 heterocycles. The van der Waals surface area contributed by atoms with Gasteiger partial charge in [0.2, 0.25) is 0 Å². The van der Waals surface area contributed by atoms with Crippen LogP contribution < -0.4 is 0 Å². The molecule has 0 aliphatic carbocycles. The lowest BCUT2D eigenvalue weighted by Gasteiger charge is -2.09. The summed E-state index contributed by atoms with van der Waals surface area (Å²) in [4.78, 5) is 12.1. The first-order valence-electron chi connectivity index (χ1n) is 8.73. The summed E-state index contributed by atoms with van der Waals surface area (Å²) in [7, 11) is 0. The van der Waals surface area contributed by atoms with Gasteiger partial charge in [-0.3, -0.25) is 4.98 Å². The highest BCUT2D eigenvalue weighted by Crippen LogP contribution is 2.37. The average Bonchev–Trinajstić information content (AvgIpc) is 3.01. The molecule has 0 atom stereocenters. The highest BCUT2D eigenvalue weighted by molar-refractivity contribution is 6.29. The lowest BCUT2D eigenvalue weighted by atomic mass is 9.94. The monoisotopic (exact) mass is 361 g/mol. The molecule has 1 aromatic carbocycles. The molecule has 1 N–H and O–H groups in total. The highest BCUT2D eigenvalue weighted by atomic mass is 35.5. The standard InChI is InChI=1S/C22H20ClN3/c1-13(2)21-18-11-15(17-5-7-20(23)25-12-17)4-6-19(18)26-22(21)16-8-9-24-14(3)10-16/h4-13,26H,1-3H3. The maximum absolute atomic E-state index is 5.92. The zero-order valence-electron chi connectivity index (χ0n) is 15.0. The Kier molecular flexibility index (Phi) is 4.25. The molecule has 4 aromatic rings. The van der Waals surface area contributed by atoms with E-state index in [0.717, 1.165) is 22.3 Å². The maximum atomic E-state index is 5.92. The van der Waals surface area contributed by atoms with Crippen molar-refractivity contribution >= 4 is 22.5 Å². The van der Waals surface area contributed by atoms with Crippen molar-refractivity contribution < 1.29 is 0 Å². The smallest absolute Gasteiger partial charge is 0.129 e. The molecule has 4 heteroatoms. The Hall–Kier alpha value is -2.65. The van der Waals surface area contributed by atoms with Crippen LogP contribution in [0.15, 0.2) is 54.9 Å². The zero-order valence-corrected chi connectivity index (χ0v) is 15.8. The van der Waals surface area contributed by atoms with E-state index >= 15 is 0 Å². The molecule has 0 spiro atoms. The van der Waals surface area contributed by atoms with Crippen LogP contribution in [0.4, 0.5) is 0 Å². The number of aryl methyl sites for hydroxylation is 1. The van der Waals surface area contributed by atoms with E-state index in [1.807, 2.05) is 31.5 Å². The number of hydrogen-bond acceptors (Lipinski definition) is 2. The van der Waals surface area contributed by atoms with Gasteiger partial charge in [0.15, 0.2) is 0 Å². The first kappa shape index (κ1) is 16.8. The average molecular weight is 362 g/mol. The molecule has 0 unspecified atom stereocenters. The minimum atomic E-state index is 0.394. The summed E-state index contributed by atoms with van der Waals surface area (Å²) in [6.07, 6.45) is 3.68. The predicted octanol–water partition coefficient (Wildman–Crippen LogP) is 6.38. The van der Waals surface area contributed by atoms with Crippen molar-refractivity contribution in [1.82, 2.24) is 15.0 Å². The van der Waals surface area contributed by atoms with Gasteiger partial charge in [-0.15, -0.1) is 0 Å². The number of H-pyrrole nitrogens is 1. The van der Waals surface area contributed by atoms with E-state index in [4.69, 9.17) is 11.6 Å². The second kappa shape index (κ2) is 6.58. The fourth-order valence-corrected chi connectivity index (χ4v) is 3.58. The van der Waals surface area contributed by atoms with Crippen LogP contribution in [0.2, 0.25) is 5.15 Å². The summed E-state index contributed by atoms with van der Waals surface area (Å²) in [6.45, 7) is 6.49. The number of aromatic nitrogens is 3. The number of fused-ring (bicyclic) bond motifs is 1. The molecule has 0 aliphatic heterocycles. The van der Waals surface area contributed by atoms with E-state index in [-0.39, 0.29) is 0 Å². The van der Waals surface area contributed by atoms with Crippen molar-refractivity contribution in [3.05, 3.63) is 71.3 Å². The summed E-state index contributed by atoms with van der Waals surface area (Å²) < 4.78 is 0. The molecule has 0 fully saturated rings. The minimum Gasteiger partial charge on any atom is -0.354 e. The third-order valence-electron chi connectivity index (χ3n) is 4.66. The van der Waals surface area contributed by atoms with Gasteiger partial charge in [-0.05, 0) is 60.4 Å². The van der Waals surface area contributed by atoms with Crippen molar-refractivity contribution in [2.24, 2.45) is 0 Å². The molecule has 3 nitrogen and oxygen atoms in total. The van der Waals surface area contributed by atoms with Gasteiger partial charge >= 0.3 is 0 Å². The van der Waals surface area contributed by atoms with Crippen molar-refractivity contribution in [3.63, 3.8) is 0 Å². The van der Waals surface area contributed by atoms with Crippen LogP contribution in [-0.2, 0) is 0 Å². The second-order valence-corrected chi connectivity index (χ2v) is 7.27. The Balaban J connectivity index is 1.92. The van der Waals surface area contributed by atoms with Crippen LogP contribution in [-0.4, -0.2) is 15.0 Å². The number of nitrogens with one attached hydrogen (secondary N) is 1. The van der Waals surface area contributed by atoms with E-state index in [1.54, 1.807) is 0 Å². The quantitative estimate of drug-likeness (QED) is 0.430. The third-order valence-corrected chi connectivity index (χ3v) is 4.89. The number of hydrogen-bond donors (Lipinski definition) is 1. The van der Waals surface area contributed by atoms with E-state index in [9.17, 15) is 0 Å². The van der Waals surface area contributed by atoms with Crippen LogP contribution in [0.5, 0.6) is 0 Å². The molecule has 130 valence electrons.